The summed E-state index contributed by atoms with van der Waals surface area (Å²) in [6.45, 7) is 2.67. The van der Waals surface area contributed by atoms with E-state index >= 15 is 0 Å². The maximum Gasteiger partial charge on any atom is 0.301 e. The van der Waals surface area contributed by atoms with E-state index in [1.807, 2.05) is 24.3 Å². The van der Waals surface area contributed by atoms with Crippen molar-refractivity contribution in [1.29, 1.82) is 0 Å². The van der Waals surface area contributed by atoms with Gasteiger partial charge in [0.2, 0.25) is 5.13 Å². The summed E-state index contributed by atoms with van der Waals surface area (Å²) in [6, 6.07) is 20.2. The number of ether oxygens (including phenoxy) is 1. The fraction of sp³-hybridized carbons (Fsp3) is 0.200. The van der Waals surface area contributed by atoms with Crippen LogP contribution in [-0.2, 0) is 15.3 Å². The molecule has 1 atom stereocenters. The van der Waals surface area contributed by atoms with Crippen LogP contribution in [0.25, 0.3) is 5.76 Å². The van der Waals surface area contributed by atoms with E-state index in [1.165, 1.54) is 28.0 Å². The van der Waals surface area contributed by atoms with Gasteiger partial charge < -0.3 is 9.84 Å². The number of amides is 1. The first-order chi connectivity index (χ1) is 19.9. The molecule has 5 rings (SSSR count). The lowest BCUT2D eigenvalue weighted by molar-refractivity contribution is -0.132. The van der Waals surface area contributed by atoms with Crippen LogP contribution in [-0.4, -0.2) is 33.6 Å². The molecular weight excluding hydrogens is 601 g/mol. The molecule has 210 valence electrons. The number of aliphatic hydroxyl groups is 1. The van der Waals surface area contributed by atoms with Crippen molar-refractivity contribution in [3.63, 3.8) is 0 Å². The summed E-state index contributed by atoms with van der Waals surface area (Å²) >= 11 is 14.9. The lowest BCUT2D eigenvalue weighted by Gasteiger charge is -2.22. The summed E-state index contributed by atoms with van der Waals surface area (Å²) in [5, 5.41) is 21.2. The molecule has 11 heteroatoms. The van der Waals surface area contributed by atoms with Crippen molar-refractivity contribution in [2.45, 2.75) is 35.9 Å². The van der Waals surface area contributed by atoms with E-state index in [1.54, 1.807) is 48.5 Å². The first-order valence-electron chi connectivity index (χ1n) is 12.9. The second-order valence-electron chi connectivity index (χ2n) is 9.22. The number of rotatable bonds is 10. The zero-order valence-electron chi connectivity index (χ0n) is 21.9. The topological polar surface area (TPSA) is 92.6 Å². The average molecular weight is 627 g/mol. The summed E-state index contributed by atoms with van der Waals surface area (Å²) in [7, 11) is 0. The average Bonchev–Trinajstić information content (AvgIpc) is 3.55. The van der Waals surface area contributed by atoms with Crippen molar-refractivity contribution < 1.29 is 19.4 Å². The first-order valence-corrected chi connectivity index (χ1v) is 15.4. The number of benzene rings is 3. The molecule has 0 bridgehead atoms. The van der Waals surface area contributed by atoms with Crippen molar-refractivity contribution in [2.75, 3.05) is 11.5 Å². The zero-order valence-corrected chi connectivity index (χ0v) is 25.1. The number of aliphatic hydroxyl groups excluding tert-OH is 1. The zero-order chi connectivity index (χ0) is 28.9. The number of halogens is 2. The summed E-state index contributed by atoms with van der Waals surface area (Å²) in [4.78, 5) is 28.2. The molecule has 1 N–H and O–H groups in total. The van der Waals surface area contributed by atoms with E-state index in [4.69, 9.17) is 27.9 Å². The standard InChI is InChI=1S/C30H25Cl2N3O4S2/c1-2-3-15-39-23-13-9-19(10-14-23)26(36)24-25(20-5-4-6-22(32)16-20)35(28(38)27(24)37)29-33-34-30(41-29)40-17-18-7-11-21(31)12-8-18/h4-14,16,25,36H,2-3,15,17H2,1H3/b26-24+. The van der Waals surface area contributed by atoms with Crippen LogP contribution in [0.3, 0.4) is 0 Å². The van der Waals surface area contributed by atoms with Crippen LogP contribution in [0.5, 0.6) is 5.75 Å². The second kappa shape index (κ2) is 13.1. The molecule has 7 nitrogen and oxygen atoms in total. The predicted molar refractivity (Wildman–Crippen MR) is 164 cm³/mol. The van der Waals surface area contributed by atoms with Crippen molar-refractivity contribution in [3.05, 3.63) is 105 Å². The predicted octanol–water partition coefficient (Wildman–Crippen LogP) is 7.94. The van der Waals surface area contributed by atoms with Crippen LogP contribution in [0.15, 0.2) is 82.7 Å². The highest BCUT2D eigenvalue weighted by molar-refractivity contribution is 8.00. The second-order valence-corrected chi connectivity index (χ2v) is 12.3. The van der Waals surface area contributed by atoms with Gasteiger partial charge in [0.15, 0.2) is 4.34 Å². The molecule has 0 saturated carbocycles. The Labute approximate surface area is 255 Å². The van der Waals surface area contributed by atoms with Gasteiger partial charge in [-0.3, -0.25) is 14.5 Å². The number of hydrogen-bond acceptors (Lipinski definition) is 8. The number of aromatic nitrogens is 2. The largest absolute Gasteiger partial charge is 0.507 e. The number of carbonyl (C=O) groups is 2. The Morgan fingerprint density at radius 1 is 1.02 bits per heavy atom. The minimum Gasteiger partial charge on any atom is -0.507 e. The minimum atomic E-state index is -0.948. The number of unbranched alkanes of at least 4 members (excludes halogenated alkanes) is 1. The van der Waals surface area contributed by atoms with Crippen molar-refractivity contribution in [2.24, 2.45) is 0 Å². The number of carbonyl (C=O) groups excluding carboxylic acids is 2. The van der Waals surface area contributed by atoms with Gasteiger partial charge in [0.05, 0.1) is 18.2 Å². The molecule has 1 aliphatic rings. The smallest absolute Gasteiger partial charge is 0.301 e. The number of hydrogen-bond donors (Lipinski definition) is 1. The number of thioether (sulfide) groups is 1. The molecular formula is C30H25Cl2N3O4S2. The summed E-state index contributed by atoms with van der Waals surface area (Å²) in [6.07, 6.45) is 1.94. The summed E-state index contributed by atoms with van der Waals surface area (Å²) in [5.41, 5.74) is 1.94. The molecule has 0 radical (unpaired) electrons. The van der Waals surface area contributed by atoms with Crippen molar-refractivity contribution in [3.8, 4) is 5.75 Å². The molecule has 1 unspecified atom stereocenters. The maximum atomic E-state index is 13.4. The Bertz CT molecular complexity index is 1590. The molecule has 41 heavy (non-hydrogen) atoms. The number of Topliss-reactive ketones (excluding diaryl/α,β-unsaturated/α-hetero) is 1. The highest BCUT2D eigenvalue weighted by Crippen LogP contribution is 2.44. The van der Waals surface area contributed by atoms with E-state index in [0.29, 0.717) is 43.6 Å². The Kier molecular flexibility index (Phi) is 9.29. The van der Waals surface area contributed by atoms with Crippen LogP contribution < -0.4 is 9.64 Å². The van der Waals surface area contributed by atoms with Gasteiger partial charge in [0.25, 0.3) is 5.78 Å². The number of ketones is 1. The van der Waals surface area contributed by atoms with Gasteiger partial charge in [-0.2, -0.15) is 0 Å². The van der Waals surface area contributed by atoms with Crippen LogP contribution in [0, 0.1) is 0 Å². The maximum absolute atomic E-state index is 13.4. The SMILES string of the molecule is CCCCOc1ccc(/C(O)=C2\C(=O)C(=O)N(c3nnc(SCc4ccc(Cl)cc4)s3)C2c2cccc(Cl)c2)cc1. The number of anilines is 1. The quantitative estimate of drug-likeness (QED) is 0.0477. The molecule has 2 heterocycles. The van der Waals surface area contributed by atoms with Gasteiger partial charge >= 0.3 is 5.91 Å². The first kappa shape index (κ1) is 29.1. The fourth-order valence-electron chi connectivity index (χ4n) is 4.30. The van der Waals surface area contributed by atoms with Crippen LogP contribution >= 0.6 is 46.3 Å². The molecule has 3 aromatic carbocycles. The third-order valence-corrected chi connectivity index (χ3v) is 8.99. The third kappa shape index (κ3) is 6.59. The third-order valence-electron chi connectivity index (χ3n) is 6.38. The van der Waals surface area contributed by atoms with E-state index in [2.05, 4.69) is 17.1 Å². The highest BCUT2D eigenvalue weighted by Gasteiger charge is 2.48. The van der Waals surface area contributed by atoms with Crippen LogP contribution in [0.4, 0.5) is 5.13 Å². The molecule has 1 saturated heterocycles. The summed E-state index contributed by atoms with van der Waals surface area (Å²) in [5.74, 6) is -0.639. The molecule has 1 fully saturated rings. The van der Waals surface area contributed by atoms with E-state index in [0.717, 1.165) is 18.4 Å². The van der Waals surface area contributed by atoms with E-state index in [-0.39, 0.29) is 16.5 Å². The molecule has 4 aromatic rings. The lowest BCUT2D eigenvalue weighted by Crippen LogP contribution is -2.29. The van der Waals surface area contributed by atoms with Crippen molar-refractivity contribution in [1.82, 2.24) is 10.2 Å². The van der Waals surface area contributed by atoms with Gasteiger partial charge in [0, 0.05) is 21.4 Å². The van der Waals surface area contributed by atoms with E-state index in [9.17, 15) is 14.7 Å². The Morgan fingerprint density at radius 2 is 1.78 bits per heavy atom. The van der Waals surface area contributed by atoms with Gasteiger partial charge in [-0.05, 0) is 66.1 Å². The number of nitrogens with zero attached hydrogens (tertiary/aromatic N) is 3. The molecule has 1 amide bonds. The molecule has 0 aliphatic carbocycles. The van der Waals surface area contributed by atoms with Gasteiger partial charge in [-0.25, -0.2) is 0 Å². The van der Waals surface area contributed by atoms with E-state index < -0.39 is 17.7 Å². The Hall–Kier alpha value is -3.37. The van der Waals surface area contributed by atoms with Gasteiger partial charge in [-0.15, -0.1) is 10.2 Å². The van der Waals surface area contributed by atoms with Gasteiger partial charge in [-0.1, -0.05) is 83.9 Å². The Morgan fingerprint density at radius 3 is 2.49 bits per heavy atom. The fourth-order valence-corrected chi connectivity index (χ4v) is 6.45. The highest BCUT2D eigenvalue weighted by atomic mass is 35.5. The van der Waals surface area contributed by atoms with Crippen LogP contribution in [0.2, 0.25) is 10.0 Å². The molecule has 1 aliphatic heterocycles. The molecule has 1 aromatic heterocycles. The van der Waals surface area contributed by atoms with Crippen LogP contribution in [0.1, 0.15) is 42.5 Å². The minimum absolute atomic E-state index is 0.0533. The van der Waals surface area contributed by atoms with Crippen molar-refractivity contribution >= 4 is 68.9 Å². The van der Waals surface area contributed by atoms with Gasteiger partial charge in [0.1, 0.15) is 11.5 Å². The monoisotopic (exact) mass is 625 g/mol. The normalized spacial score (nSPS) is 16.4. The summed E-state index contributed by atoms with van der Waals surface area (Å²) < 4.78 is 6.34. The molecule has 0 spiro atoms. The Balaban J connectivity index is 1.48. The lowest BCUT2D eigenvalue weighted by atomic mass is 9.95.